The first-order valence-electron chi connectivity index (χ1n) is 8.55. The molecule has 3 aromatic rings. The van der Waals surface area contributed by atoms with Crippen molar-refractivity contribution in [2.24, 2.45) is 0 Å². The fraction of sp³-hybridized carbons (Fsp3) is 0.182. The maximum Gasteiger partial charge on any atom is 0.118 e. The minimum atomic E-state index is 0.813. The van der Waals surface area contributed by atoms with Crippen molar-refractivity contribution in [1.29, 1.82) is 0 Å². The number of hydrogen-bond acceptors (Lipinski definition) is 3. The van der Waals surface area contributed by atoms with Gasteiger partial charge in [0.2, 0.25) is 0 Å². The zero-order valence-corrected chi connectivity index (χ0v) is 19.0. The minimum absolute atomic E-state index is 0.813. The van der Waals surface area contributed by atoms with Crippen molar-refractivity contribution in [2.45, 2.75) is 13.1 Å². The zero-order chi connectivity index (χ0) is 19.2. The van der Waals surface area contributed by atoms with E-state index in [1.54, 1.807) is 14.2 Å². The number of methoxy groups -OCH3 is 2. The summed E-state index contributed by atoms with van der Waals surface area (Å²) in [6.07, 6.45) is 0. The molecule has 3 aromatic carbocycles. The number of benzene rings is 3. The quantitative estimate of drug-likeness (QED) is 0.331. The Morgan fingerprint density at radius 2 is 1.26 bits per heavy atom. The summed E-state index contributed by atoms with van der Waals surface area (Å²) in [5.74, 6) is 1.75. The Bertz CT molecular complexity index is 832. The summed E-state index contributed by atoms with van der Waals surface area (Å²) in [5.41, 5.74) is 3.67. The normalized spacial score (nSPS) is 10.5. The van der Waals surface area contributed by atoms with E-state index in [9.17, 15) is 0 Å². The van der Waals surface area contributed by atoms with E-state index in [2.05, 4.69) is 85.9 Å². The van der Waals surface area contributed by atoms with Gasteiger partial charge < -0.3 is 14.4 Å². The van der Waals surface area contributed by atoms with Crippen molar-refractivity contribution >= 4 is 44.2 Å². The first-order valence-corrected chi connectivity index (χ1v) is 10.4. The molecular weight excluding hydrogens is 517 g/mol. The van der Waals surface area contributed by atoms with Gasteiger partial charge in [0.05, 0.1) is 14.2 Å². The predicted molar refractivity (Wildman–Crippen MR) is 123 cm³/mol. The highest BCUT2D eigenvalue weighted by molar-refractivity contribution is 14.1. The van der Waals surface area contributed by atoms with Gasteiger partial charge in [-0.25, -0.2) is 0 Å². The van der Waals surface area contributed by atoms with Crippen LogP contribution in [0.1, 0.15) is 11.1 Å². The van der Waals surface area contributed by atoms with Gasteiger partial charge in [0.15, 0.2) is 0 Å². The highest BCUT2D eigenvalue weighted by Crippen LogP contribution is 2.28. The van der Waals surface area contributed by atoms with Crippen LogP contribution in [0.3, 0.4) is 0 Å². The van der Waals surface area contributed by atoms with Gasteiger partial charge in [0.1, 0.15) is 11.5 Å². The Balaban J connectivity index is 1.87. The largest absolute Gasteiger partial charge is 0.497 e. The van der Waals surface area contributed by atoms with Crippen LogP contribution < -0.4 is 14.4 Å². The lowest BCUT2D eigenvalue weighted by molar-refractivity contribution is 0.414. The molecule has 0 aromatic heterocycles. The highest BCUT2D eigenvalue weighted by Gasteiger charge is 2.11. The van der Waals surface area contributed by atoms with Crippen molar-refractivity contribution in [1.82, 2.24) is 0 Å². The van der Waals surface area contributed by atoms with E-state index in [4.69, 9.17) is 9.47 Å². The molecule has 0 aliphatic heterocycles. The third kappa shape index (κ3) is 5.39. The van der Waals surface area contributed by atoms with Crippen molar-refractivity contribution in [3.8, 4) is 11.5 Å². The van der Waals surface area contributed by atoms with Crippen LogP contribution in [0.15, 0.2) is 71.2 Å². The molecule has 5 heteroatoms. The number of ether oxygens (including phenoxy) is 2. The predicted octanol–water partition coefficient (Wildman–Crippen LogP) is 6.28. The van der Waals surface area contributed by atoms with Crippen molar-refractivity contribution in [3.05, 3.63) is 85.9 Å². The second-order valence-electron chi connectivity index (χ2n) is 6.15. The molecule has 0 amide bonds. The molecule has 0 fully saturated rings. The summed E-state index contributed by atoms with van der Waals surface area (Å²) in [4.78, 5) is 2.37. The number of anilines is 1. The van der Waals surface area contributed by atoms with Crippen LogP contribution in [-0.4, -0.2) is 14.2 Å². The van der Waals surface area contributed by atoms with E-state index in [-0.39, 0.29) is 0 Å². The molecule has 0 N–H and O–H groups in total. The summed E-state index contributed by atoms with van der Waals surface area (Å²) in [5, 5.41) is 0. The second kappa shape index (κ2) is 9.46. The average molecular weight is 538 g/mol. The van der Waals surface area contributed by atoms with Crippen LogP contribution in [0.25, 0.3) is 0 Å². The third-order valence-electron chi connectivity index (χ3n) is 4.33. The van der Waals surface area contributed by atoms with Gasteiger partial charge >= 0.3 is 0 Å². The molecule has 3 nitrogen and oxygen atoms in total. The summed E-state index contributed by atoms with van der Waals surface area (Å²) < 4.78 is 12.9. The smallest absolute Gasteiger partial charge is 0.118 e. The molecule has 0 aliphatic rings. The number of halogens is 2. The van der Waals surface area contributed by atoms with Gasteiger partial charge in [-0.15, -0.1) is 0 Å². The molecule has 0 radical (unpaired) electrons. The molecule has 0 aliphatic carbocycles. The maximum atomic E-state index is 5.27. The van der Waals surface area contributed by atoms with Crippen LogP contribution >= 0.6 is 38.5 Å². The molecule has 0 saturated heterocycles. The first-order chi connectivity index (χ1) is 13.1. The molecule has 0 unspecified atom stereocenters. The van der Waals surface area contributed by atoms with Crippen LogP contribution in [0.2, 0.25) is 0 Å². The van der Waals surface area contributed by atoms with E-state index in [1.165, 1.54) is 20.4 Å². The molecular formula is C22H21BrINO2. The Morgan fingerprint density at radius 3 is 1.67 bits per heavy atom. The number of hydrogen-bond donors (Lipinski definition) is 0. The van der Waals surface area contributed by atoms with Crippen molar-refractivity contribution in [2.75, 3.05) is 19.1 Å². The number of rotatable bonds is 7. The van der Waals surface area contributed by atoms with Crippen molar-refractivity contribution in [3.63, 3.8) is 0 Å². The molecule has 140 valence electrons. The van der Waals surface area contributed by atoms with Gasteiger partial charge in [0, 0.05) is 26.8 Å². The Hall–Kier alpha value is -1.73. The average Bonchev–Trinajstić information content (AvgIpc) is 2.70. The zero-order valence-electron chi connectivity index (χ0n) is 15.3. The third-order valence-corrected chi connectivity index (χ3v) is 6.66. The molecule has 27 heavy (non-hydrogen) atoms. The standard InChI is InChI=1S/C22H21BrINO2/c1-26-19-8-3-16(4-9-19)14-25(18-7-12-21(23)22(24)13-18)15-17-5-10-20(27-2)11-6-17/h3-13H,14-15H2,1-2H3. The second-order valence-corrected chi connectivity index (χ2v) is 8.17. The fourth-order valence-electron chi connectivity index (χ4n) is 2.82. The van der Waals surface area contributed by atoms with Gasteiger partial charge in [-0.3, -0.25) is 0 Å². The lowest BCUT2D eigenvalue weighted by Gasteiger charge is -2.26. The summed E-state index contributed by atoms with van der Waals surface area (Å²) in [6, 6.07) is 22.9. The SMILES string of the molecule is COc1ccc(CN(Cc2ccc(OC)cc2)c2ccc(Br)c(I)c2)cc1. The van der Waals surface area contributed by atoms with E-state index in [0.717, 1.165) is 29.1 Å². The van der Waals surface area contributed by atoms with Gasteiger partial charge in [0.25, 0.3) is 0 Å². The Kier molecular flexibility index (Phi) is 7.01. The molecule has 0 heterocycles. The molecule has 0 spiro atoms. The molecule has 0 atom stereocenters. The summed E-state index contributed by atoms with van der Waals surface area (Å²) in [6.45, 7) is 1.63. The Morgan fingerprint density at radius 1 is 0.778 bits per heavy atom. The maximum absolute atomic E-state index is 5.27. The van der Waals surface area contributed by atoms with Gasteiger partial charge in [-0.05, 0) is 92.1 Å². The van der Waals surface area contributed by atoms with Crippen molar-refractivity contribution < 1.29 is 9.47 Å². The fourth-order valence-corrected chi connectivity index (χ4v) is 3.57. The van der Waals surface area contributed by atoms with Crippen LogP contribution in [0.4, 0.5) is 5.69 Å². The van der Waals surface area contributed by atoms with Crippen LogP contribution in [0, 0.1) is 3.57 Å². The minimum Gasteiger partial charge on any atom is -0.497 e. The van der Waals surface area contributed by atoms with E-state index in [0.29, 0.717) is 0 Å². The molecule has 0 bridgehead atoms. The summed E-state index contributed by atoms with van der Waals surface area (Å²) >= 11 is 5.95. The monoisotopic (exact) mass is 537 g/mol. The van der Waals surface area contributed by atoms with Crippen LogP contribution in [-0.2, 0) is 13.1 Å². The number of nitrogens with zero attached hydrogens (tertiary/aromatic N) is 1. The highest BCUT2D eigenvalue weighted by atomic mass is 127. The Labute approximate surface area is 182 Å². The summed E-state index contributed by atoms with van der Waals surface area (Å²) in [7, 11) is 3.38. The molecule has 0 saturated carbocycles. The van der Waals surface area contributed by atoms with Crippen LogP contribution in [0.5, 0.6) is 11.5 Å². The molecule has 3 rings (SSSR count). The first kappa shape index (κ1) is 20.0. The topological polar surface area (TPSA) is 21.7 Å². The van der Waals surface area contributed by atoms with Gasteiger partial charge in [-0.2, -0.15) is 0 Å². The van der Waals surface area contributed by atoms with Gasteiger partial charge in [-0.1, -0.05) is 24.3 Å². The lowest BCUT2D eigenvalue weighted by Crippen LogP contribution is -2.22. The van der Waals surface area contributed by atoms with E-state index < -0.39 is 0 Å². The van der Waals surface area contributed by atoms with E-state index in [1.807, 2.05) is 24.3 Å². The lowest BCUT2D eigenvalue weighted by atomic mass is 10.1. The van der Waals surface area contributed by atoms with E-state index >= 15 is 0 Å².